The summed E-state index contributed by atoms with van der Waals surface area (Å²) in [6, 6.07) is 5.96. The standard InChI is InChI=1S/C15H19F2N5O2S/c1-15(2,3)12-20-21-14(22(12)18)25-8-11(23)19-9-6-4-5-7-10(9)24-13(16)17/h4-7,13H,8,18H2,1-3H3,(H,19,23). The molecule has 1 aromatic carbocycles. The summed E-state index contributed by atoms with van der Waals surface area (Å²) < 4.78 is 30.5. The van der Waals surface area contributed by atoms with Crippen LogP contribution in [0.4, 0.5) is 14.5 Å². The number of nitrogens with one attached hydrogen (secondary N) is 1. The number of carbonyl (C=O) groups is 1. The van der Waals surface area contributed by atoms with Crippen LogP contribution in [-0.2, 0) is 10.2 Å². The highest BCUT2D eigenvalue weighted by Crippen LogP contribution is 2.26. The average molecular weight is 371 g/mol. The molecule has 0 saturated heterocycles. The second-order valence-corrected chi connectivity index (χ2v) is 7.08. The van der Waals surface area contributed by atoms with Gasteiger partial charge in [-0.2, -0.15) is 8.78 Å². The molecule has 2 aromatic rings. The van der Waals surface area contributed by atoms with Gasteiger partial charge < -0.3 is 15.9 Å². The molecule has 0 bridgehead atoms. The van der Waals surface area contributed by atoms with E-state index in [4.69, 9.17) is 5.84 Å². The van der Waals surface area contributed by atoms with E-state index in [0.717, 1.165) is 11.8 Å². The number of anilines is 1. The zero-order chi connectivity index (χ0) is 18.6. The zero-order valence-electron chi connectivity index (χ0n) is 14.0. The monoisotopic (exact) mass is 371 g/mol. The Morgan fingerprint density at radius 1 is 1.36 bits per heavy atom. The van der Waals surface area contributed by atoms with Crippen LogP contribution in [0.5, 0.6) is 5.75 Å². The molecule has 2 rings (SSSR count). The normalized spacial score (nSPS) is 11.6. The van der Waals surface area contributed by atoms with Crippen molar-refractivity contribution in [3.05, 3.63) is 30.1 Å². The number of aromatic nitrogens is 3. The molecule has 0 aliphatic heterocycles. The lowest BCUT2D eigenvalue weighted by Gasteiger charge is -2.16. The van der Waals surface area contributed by atoms with Gasteiger partial charge in [-0.05, 0) is 12.1 Å². The molecule has 0 radical (unpaired) electrons. The fraction of sp³-hybridized carbons (Fsp3) is 0.400. The highest BCUT2D eigenvalue weighted by atomic mass is 32.2. The minimum atomic E-state index is -2.97. The van der Waals surface area contributed by atoms with E-state index in [1.807, 2.05) is 20.8 Å². The SMILES string of the molecule is CC(C)(C)c1nnc(SCC(=O)Nc2ccccc2OC(F)F)n1N. The summed E-state index contributed by atoms with van der Waals surface area (Å²) in [7, 11) is 0. The Kier molecular flexibility index (Phi) is 5.83. The number of hydrogen-bond acceptors (Lipinski definition) is 6. The molecular weight excluding hydrogens is 352 g/mol. The molecule has 1 aromatic heterocycles. The first-order valence-electron chi connectivity index (χ1n) is 7.36. The second kappa shape index (κ2) is 7.68. The first-order valence-corrected chi connectivity index (χ1v) is 8.34. The topological polar surface area (TPSA) is 95.1 Å². The minimum absolute atomic E-state index is 0.0114. The van der Waals surface area contributed by atoms with E-state index in [1.54, 1.807) is 6.07 Å². The number of nitrogen functional groups attached to an aromatic ring is 1. The predicted octanol–water partition coefficient (Wildman–Crippen LogP) is 2.62. The number of hydrogen-bond donors (Lipinski definition) is 2. The molecule has 10 heteroatoms. The molecule has 0 aliphatic carbocycles. The summed E-state index contributed by atoms with van der Waals surface area (Å²) in [6.07, 6.45) is 0. The van der Waals surface area contributed by atoms with Crippen LogP contribution in [0, 0.1) is 0 Å². The Hall–Kier alpha value is -2.36. The van der Waals surface area contributed by atoms with Crippen molar-refractivity contribution in [3.63, 3.8) is 0 Å². The largest absolute Gasteiger partial charge is 0.433 e. The van der Waals surface area contributed by atoms with Crippen LogP contribution in [0.15, 0.2) is 29.4 Å². The summed E-state index contributed by atoms with van der Waals surface area (Å²) in [6.45, 7) is 2.86. The Morgan fingerprint density at radius 2 is 2.04 bits per heavy atom. The van der Waals surface area contributed by atoms with E-state index in [1.165, 1.54) is 22.9 Å². The smallest absolute Gasteiger partial charge is 0.387 e. The van der Waals surface area contributed by atoms with Crippen LogP contribution in [0.25, 0.3) is 0 Å². The summed E-state index contributed by atoms with van der Waals surface area (Å²) in [5.41, 5.74) is -0.119. The Labute approximate surface area is 147 Å². The Balaban J connectivity index is 1.99. The third-order valence-corrected chi connectivity index (χ3v) is 3.99. The summed E-state index contributed by atoms with van der Waals surface area (Å²) >= 11 is 1.09. The number of benzene rings is 1. The van der Waals surface area contributed by atoms with Crippen molar-refractivity contribution in [2.45, 2.75) is 38.0 Å². The van der Waals surface area contributed by atoms with Crippen LogP contribution in [0.2, 0.25) is 0 Å². The Bertz CT molecular complexity index is 746. The lowest BCUT2D eigenvalue weighted by Crippen LogP contribution is -2.24. The van der Waals surface area contributed by atoms with Gasteiger partial charge in [0, 0.05) is 5.41 Å². The van der Waals surface area contributed by atoms with Crippen molar-refractivity contribution in [3.8, 4) is 5.75 Å². The number of para-hydroxylation sites is 2. The fourth-order valence-corrected chi connectivity index (χ4v) is 2.63. The number of nitrogens with zero attached hydrogens (tertiary/aromatic N) is 3. The summed E-state index contributed by atoms with van der Waals surface area (Å²) in [4.78, 5) is 12.1. The third-order valence-electron chi connectivity index (χ3n) is 3.04. The van der Waals surface area contributed by atoms with Gasteiger partial charge in [-0.15, -0.1) is 10.2 Å². The highest BCUT2D eigenvalue weighted by Gasteiger charge is 2.23. The van der Waals surface area contributed by atoms with Gasteiger partial charge in [0.1, 0.15) is 5.75 Å². The van der Waals surface area contributed by atoms with Gasteiger partial charge >= 0.3 is 6.61 Å². The van der Waals surface area contributed by atoms with E-state index in [9.17, 15) is 13.6 Å². The molecule has 136 valence electrons. The van der Waals surface area contributed by atoms with E-state index in [0.29, 0.717) is 11.0 Å². The maximum absolute atomic E-state index is 12.4. The summed E-state index contributed by atoms with van der Waals surface area (Å²) in [5, 5.41) is 10.9. The molecule has 0 unspecified atom stereocenters. The molecule has 1 amide bonds. The van der Waals surface area contributed by atoms with Crippen molar-refractivity contribution in [2.75, 3.05) is 16.9 Å². The van der Waals surface area contributed by atoms with Gasteiger partial charge in [0.25, 0.3) is 0 Å². The lowest BCUT2D eigenvalue weighted by molar-refractivity contribution is -0.113. The molecular formula is C15H19F2N5O2S. The van der Waals surface area contributed by atoms with Gasteiger partial charge in [-0.25, -0.2) is 4.68 Å². The fourth-order valence-electron chi connectivity index (χ4n) is 1.97. The molecule has 0 fully saturated rings. The second-order valence-electron chi connectivity index (χ2n) is 6.14. The van der Waals surface area contributed by atoms with Crippen molar-refractivity contribution in [2.24, 2.45) is 0 Å². The van der Waals surface area contributed by atoms with Crippen molar-refractivity contribution < 1.29 is 18.3 Å². The van der Waals surface area contributed by atoms with Crippen molar-refractivity contribution in [1.82, 2.24) is 14.9 Å². The lowest BCUT2D eigenvalue weighted by atomic mass is 9.96. The molecule has 0 spiro atoms. The van der Waals surface area contributed by atoms with Gasteiger partial charge in [-0.3, -0.25) is 4.79 Å². The molecule has 0 aliphatic rings. The first-order chi connectivity index (χ1) is 11.7. The van der Waals surface area contributed by atoms with Crippen molar-refractivity contribution in [1.29, 1.82) is 0 Å². The number of nitrogens with two attached hydrogens (primary N) is 1. The Morgan fingerprint density at radius 3 is 2.64 bits per heavy atom. The van der Waals surface area contributed by atoms with Crippen LogP contribution in [0.3, 0.4) is 0 Å². The van der Waals surface area contributed by atoms with Gasteiger partial charge in [0.2, 0.25) is 11.1 Å². The number of carbonyl (C=O) groups excluding carboxylic acids is 1. The maximum atomic E-state index is 12.4. The van der Waals surface area contributed by atoms with Gasteiger partial charge in [0.15, 0.2) is 5.82 Å². The molecule has 1 heterocycles. The number of amides is 1. The van der Waals surface area contributed by atoms with E-state index in [2.05, 4.69) is 20.3 Å². The number of rotatable bonds is 6. The number of thioether (sulfide) groups is 1. The van der Waals surface area contributed by atoms with E-state index >= 15 is 0 Å². The van der Waals surface area contributed by atoms with Crippen LogP contribution >= 0.6 is 11.8 Å². The number of ether oxygens (including phenoxy) is 1. The molecule has 3 N–H and O–H groups in total. The average Bonchev–Trinajstić information content (AvgIpc) is 2.88. The molecule has 7 nitrogen and oxygen atoms in total. The highest BCUT2D eigenvalue weighted by molar-refractivity contribution is 7.99. The maximum Gasteiger partial charge on any atom is 0.387 e. The predicted molar refractivity (Wildman–Crippen MR) is 91.3 cm³/mol. The first kappa shape index (κ1) is 19.0. The van der Waals surface area contributed by atoms with Crippen LogP contribution in [0.1, 0.15) is 26.6 Å². The van der Waals surface area contributed by atoms with Crippen LogP contribution < -0.4 is 15.9 Å². The third kappa shape index (κ3) is 5.05. The zero-order valence-corrected chi connectivity index (χ0v) is 14.8. The number of halogens is 2. The minimum Gasteiger partial charge on any atom is -0.433 e. The summed E-state index contributed by atoms with van der Waals surface area (Å²) in [5.74, 6) is 6.01. The quantitative estimate of drug-likeness (QED) is 0.599. The van der Waals surface area contributed by atoms with E-state index < -0.39 is 12.5 Å². The molecule has 0 atom stereocenters. The number of alkyl halides is 2. The van der Waals surface area contributed by atoms with Gasteiger partial charge in [0.05, 0.1) is 11.4 Å². The molecule has 0 saturated carbocycles. The van der Waals surface area contributed by atoms with Crippen LogP contribution in [-0.4, -0.2) is 33.1 Å². The van der Waals surface area contributed by atoms with E-state index in [-0.39, 0.29) is 22.6 Å². The van der Waals surface area contributed by atoms with Crippen molar-refractivity contribution >= 4 is 23.4 Å². The van der Waals surface area contributed by atoms with Gasteiger partial charge in [-0.1, -0.05) is 44.7 Å². The molecule has 25 heavy (non-hydrogen) atoms.